The Hall–Kier alpha value is -1.53. The van der Waals surface area contributed by atoms with Crippen LogP contribution in [-0.2, 0) is 6.54 Å². The number of thioether (sulfide) groups is 1. The summed E-state index contributed by atoms with van der Waals surface area (Å²) in [5.74, 6) is 0.693. The SMILES string of the molecule is CCCn1c(SCC(N)c2cc(C)ccc2C)n[nH]c1=O. The Morgan fingerprint density at radius 2 is 2.19 bits per heavy atom. The van der Waals surface area contributed by atoms with Crippen molar-refractivity contribution in [3.8, 4) is 0 Å². The third-order valence-electron chi connectivity index (χ3n) is 3.40. The van der Waals surface area contributed by atoms with E-state index in [0.717, 1.165) is 12.0 Å². The van der Waals surface area contributed by atoms with Gasteiger partial charge in [0.05, 0.1) is 0 Å². The molecule has 0 spiro atoms. The van der Waals surface area contributed by atoms with Crippen LogP contribution in [-0.4, -0.2) is 20.5 Å². The molecule has 0 saturated heterocycles. The highest BCUT2D eigenvalue weighted by molar-refractivity contribution is 7.99. The van der Waals surface area contributed by atoms with E-state index in [-0.39, 0.29) is 11.7 Å². The normalized spacial score (nSPS) is 12.6. The molecule has 0 saturated carbocycles. The zero-order valence-corrected chi connectivity index (χ0v) is 13.5. The van der Waals surface area contributed by atoms with Crippen LogP contribution in [0, 0.1) is 13.8 Å². The standard InChI is InChI=1S/C15H22N4OS/c1-4-7-19-14(20)17-18-15(19)21-9-13(16)12-8-10(2)5-6-11(12)3/h5-6,8,13H,4,7,9,16H2,1-3H3,(H,17,20). The lowest BCUT2D eigenvalue weighted by Gasteiger charge is -2.15. The van der Waals surface area contributed by atoms with Crippen LogP contribution >= 0.6 is 11.8 Å². The summed E-state index contributed by atoms with van der Waals surface area (Å²) < 4.78 is 1.67. The minimum absolute atomic E-state index is 0.0724. The topological polar surface area (TPSA) is 76.7 Å². The van der Waals surface area contributed by atoms with Crippen LogP contribution in [0.15, 0.2) is 28.2 Å². The number of nitrogens with zero attached hydrogens (tertiary/aromatic N) is 2. The third kappa shape index (κ3) is 3.77. The van der Waals surface area contributed by atoms with E-state index in [0.29, 0.717) is 17.5 Å². The molecule has 0 bridgehead atoms. The van der Waals surface area contributed by atoms with Crippen LogP contribution in [0.5, 0.6) is 0 Å². The molecule has 1 unspecified atom stereocenters. The van der Waals surface area contributed by atoms with Crippen LogP contribution in [0.3, 0.4) is 0 Å². The van der Waals surface area contributed by atoms with Gasteiger partial charge in [-0.2, -0.15) is 0 Å². The largest absolute Gasteiger partial charge is 0.343 e. The maximum Gasteiger partial charge on any atom is 0.343 e. The number of hydrogen-bond acceptors (Lipinski definition) is 4. The second-order valence-electron chi connectivity index (χ2n) is 5.24. The predicted molar refractivity (Wildman–Crippen MR) is 86.7 cm³/mol. The predicted octanol–water partition coefficient (Wildman–Crippen LogP) is 2.39. The van der Waals surface area contributed by atoms with Crippen LogP contribution in [0.2, 0.25) is 0 Å². The molecule has 0 fully saturated rings. The van der Waals surface area contributed by atoms with E-state index in [1.54, 1.807) is 4.57 Å². The maximum atomic E-state index is 11.6. The van der Waals surface area contributed by atoms with Crippen molar-refractivity contribution in [1.82, 2.24) is 14.8 Å². The van der Waals surface area contributed by atoms with E-state index in [2.05, 4.69) is 42.2 Å². The van der Waals surface area contributed by atoms with Crippen LogP contribution in [0.1, 0.15) is 36.1 Å². The Balaban J connectivity index is 2.09. The van der Waals surface area contributed by atoms with Crippen molar-refractivity contribution >= 4 is 11.8 Å². The zero-order chi connectivity index (χ0) is 15.4. The second-order valence-corrected chi connectivity index (χ2v) is 6.23. The average Bonchev–Trinajstić information content (AvgIpc) is 2.80. The van der Waals surface area contributed by atoms with Crippen molar-refractivity contribution in [1.29, 1.82) is 0 Å². The fraction of sp³-hybridized carbons (Fsp3) is 0.467. The van der Waals surface area contributed by atoms with Crippen molar-refractivity contribution in [3.05, 3.63) is 45.4 Å². The first kappa shape index (κ1) is 15.9. The van der Waals surface area contributed by atoms with Crippen molar-refractivity contribution in [3.63, 3.8) is 0 Å². The van der Waals surface area contributed by atoms with Gasteiger partial charge in [-0.15, -0.1) is 5.10 Å². The zero-order valence-electron chi connectivity index (χ0n) is 12.7. The number of nitrogens with two attached hydrogens (primary N) is 1. The number of benzene rings is 1. The van der Waals surface area contributed by atoms with Gasteiger partial charge in [0, 0.05) is 18.3 Å². The van der Waals surface area contributed by atoms with Gasteiger partial charge in [-0.1, -0.05) is 42.4 Å². The summed E-state index contributed by atoms with van der Waals surface area (Å²) in [5.41, 5.74) is 9.70. The minimum Gasteiger partial charge on any atom is -0.323 e. The van der Waals surface area contributed by atoms with Crippen LogP contribution in [0.25, 0.3) is 0 Å². The lowest BCUT2D eigenvalue weighted by atomic mass is 10.0. The fourth-order valence-electron chi connectivity index (χ4n) is 2.25. The molecule has 1 aromatic carbocycles. The van der Waals surface area contributed by atoms with Crippen molar-refractivity contribution in [2.75, 3.05) is 5.75 Å². The Morgan fingerprint density at radius 1 is 1.43 bits per heavy atom. The molecule has 0 amide bonds. The molecule has 1 aromatic heterocycles. The molecule has 0 radical (unpaired) electrons. The number of aromatic nitrogens is 3. The molecular weight excluding hydrogens is 284 g/mol. The number of hydrogen-bond donors (Lipinski definition) is 2. The summed E-state index contributed by atoms with van der Waals surface area (Å²) in [6.45, 7) is 6.85. The number of aromatic amines is 1. The lowest BCUT2D eigenvalue weighted by molar-refractivity contribution is 0.603. The van der Waals surface area contributed by atoms with Crippen LogP contribution in [0.4, 0.5) is 0 Å². The molecule has 0 aliphatic heterocycles. The van der Waals surface area contributed by atoms with Crippen molar-refractivity contribution in [2.24, 2.45) is 5.73 Å². The van der Waals surface area contributed by atoms with Crippen LogP contribution < -0.4 is 11.4 Å². The van der Waals surface area contributed by atoms with E-state index < -0.39 is 0 Å². The van der Waals surface area contributed by atoms with Gasteiger partial charge < -0.3 is 5.73 Å². The molecule has 0 aliphatic rings. The van der Waals surface area contributed by atoms with Crippen molar-refractivity contribution in [2.45, 2.75) is 44.9 Å². The molecule has 6 heteroatoms. The van der Waals surface area contributed by atoms with E-state index >= 15 is 0 Å². The summed E-state index contributed by atoms with van der Waals surface area (Å²) in [4.78, 5) is 11.6. The van der Waals surface area contributed by atoms with E-state index in [1.807, 2.05) is 6.92 Å². The average molecular weight is 306 g/mol. The first-order valence-corrected chi connectivity index (χ1v) is 8.12. The molecule has 5 nitrogen and oxygen atoms in total. The molecule has 2 aromatic rings. The van der Waals surface area contributed by atoms with E-state index in [9.17, 15) is 4.79 Å². The van der Waals surface area contributed by atoms with Gasteiger partial charge in [-0.05, 0) is 31.4 Å². The molecule has 3 N–H and O–H groups in total. The van der Waals surface area contributed by atoms with Gasteiger partial charge in [0.1, 0.15) is 0 Å². The molecule has 1 atom stereocenters. The lowest BCUT2D eigenvalue weighted by Crippen LogP contribution is -2.18. The molecule has 1 heterocycles. The van der Waals surface area contributed by atoms with Gasteiger partial charge in [0.15, 0.2) is 5.16 Å². The first-order valence-electron chi connectivity index (χ1n) is 7.13. The molecule has 114 valence electrons. The Bertz CT molecular complexity index is 662. The van der Waals surface area contributed by atoms with Gasteiger partial charge in [0.2, 0.25) is 0 Å². The van der Waals surface area contributed by atoms with E-state index in [4.69, 9.17) is 5.73 Å². The minimum atomic E-state index is -0.153. The monoisotopic (exact) mass is 306 g/mol. The summed E-state index contributed by atoms with van der Waals surface area (Å²) >= 11 is 1.52. The van der Waals surface area contributed by atoms with E-state index in [1.165, 1.54) is 22.9 Å². The van der Waals surface area contributed by atoms with Gasteiger partial charge >= 0.3 is 5.69 Å². The van der Waals surface area contributed by atoms with Crippen molar-refractivity contribution < 1.29 is 0 Å². The molecule has 2 rings (SSSR count). The Morgan fingerprint density at radius 3 is 2.90 bits per heavy atom. The highest BCUT2D eigenvalue weighted by atomic mass is 32.2. The summed E-state index contributed by atoms with van der Waals surface area (Å²) in [6.07, 6.45) is 0.899. The summed E-state index contributed by atoms with van der Waals surface area (Å²) in [7, 11) is 0. The highest BCUT2D eigenvalue weighted by Crippen LogP contribution is 2.24. The second kappa shape index (κ2) is 6.95. The number of nitrogens with one attached hydrogen (secondary N) is 1. The fourth-order valence-corrected chi connectivity index (χ4v) is 3.20. The Labute approximate surface area is 128 Å². The maximum absolute atomic E-state index is 11.6. The first-order chi connectivity index (χ1) is 10.0. The summed E-state index contributed by atoms with van der Waals surface area (Å²) in [5, 5.41) is 7.29. The Kier molecular flexibility index (Phi) is 5.25. The third-order valence-corrected chi connectivity index (χ3v) is 4.49. The number of rotatable bonds is 6. The quantitative estimate of drug-likeness (QED) is 0.803. The molecular formula is C15H22N4OS. The summed E-state index contributed by atoms with van der Waals surface area (Å²) in [6, 6.07) is 6.24. The van der Waals surface area contributed by atoms with Gasteiger partial charge in [-0.3, -0.25) is 4.57 Å². The highest BCUT2D eigenvalue weighted by Gasteiger charge is 2.13. The van der Waals surface area contributed by atoms with Gasteiger partial charge in [0.25, 0.3) is 0 Å². The van der Waals surface area contributed by atoms with Gasteiger partial charge in [-0.25, -0.2) is 9.89 Å². The number of H-pyrrole nitrogens is 1. The molecule has 0 aliphatic carbocycles. The number of aryl methyl sites for hydroxylation is 2. The smallest absolute Gasteiger partial charge is 0.323 e. The molecule has 21 heavy (non-hydrogen) atoms.